The second kappa shape index (κ2) is 10.0. The van der Waals surface area contributed by atoms with E-state index in [4.69, 9.17) is 4.74 Å². The Hall–Kier alpha value is -3.12. The Kier molecular flexibility index (Phi) is 7.36. The summed E-state index contributed by atoms with van der Waals surface area (Å²) in [7, 11) is 5.66. The zero-order valence-corrected chi connectivity index (χ0v) is 19.5. The Morgan fingerprint density at radius 2 is 1.81 bits per heavy atom. The summed E-state index contributed by atoms with van der Waals surface area (Å²) in [4.78, 5) is 28.9. The molecule has 6 heteroatoms. The number of ketones is 1. The lowest BCUT2D eigenvalue weighted by atomic mass is 9.94. The van der Waals surface area contributed by atoms with Crippen molar-refractivity contribution in [1.29, 1.82) is 0 Å². The van der Waals surface area contributed by atoms with E-state index in [9.17, 15) is 14.7 Å². The number of hydrogen-bond donors (Lipinski definition) is 1. The summed E-state index contributed by atoms with van der Waals surface area (Å²) in [5, 5.41) is 13.5. The lowest BCUT2D eigenvalue weighted by Gasteiger charge is -2.28. The smallest absolute Gasteiger partial charge is 0.295 e. The number of nitrogens with zero attached hydrogens (tertiary/aromatic N) is 1. The molecule has 3 rings (SSSR count). The van der Waals surface area contributed by atoms with Gasteiger partial charge in [-0.15, -0.1) is 0 Å². The highest BCUT2D eigenvalue weighted by Gasteiger charge is 2.43. The van der Waals surface area contributed by atoms with Crippen molar-refractivity contribution in [3.8, 4) is 5.75 Å². The number of methoxy groups -OCH3 is 1. The average Bonchev–Trinajstić information content (AvgIpc) is 3.03. The van der Waals surface area contributed by atoms with Crippen molar-refractivity contribution in [2.24, 2.45) is 0 Å². The summed E-state index contributed by atoms with van der Waals surface area (Å²) in [6.07, 6.45) is 1.63. The average molecular weight is 437 g/mol. The normalized spacial score (nSPS) is 17.9. The molecule has 1 amide bonds. The number of likely N-dealkylation sites (tertiary alicyclic amines) is 1. The third-order valence-electron chi connectivity index (χ3n) is 5.97. The van der Waals surface area contributed by atoms with Crippen molar-refractivity contribution in [3.63, 3.8) is 0 Å². The van der Waals surface area contributed by atoms with Crippen molar-refractivity contribution in [2.75, 3.05) is 34.3 Å². The first-order valence-electron chi connectivity index (χ1n) is 11.1. The first kappa shape index (κ1) is 23.5. The maximum Gasteiger partial charge on any atom is 0.295 e. The van der Waals surface area contributed by atoms with Crippen LogP contribution in [0, 0.1) is 6.92 Å². The van der Waals surface area contributed by atoms with E-state index in [1.807, 2.05) is 45.3 Å². The van der Waals surface area contributed by atoms with Gasteiger partial charge in [-0.05, 0) is 47.7 Å². The standard InChI is InChI=1S/C26H32N2O4/c1-6-18-8-10-19(11-9-18)23-22(24(29)20-12-13-21(32-5)17(2)16-20)25(30)26(31)28(23)15-7-14-27(3)4/h8-13,16,23,29H,6-7,14-15H2,1-5H3. The Balaban J connectivity index is 2.10. The lowest BCUT2D eigenvalue weighted by Crippen LogP contribution is -3.05. The Bertz CT molecular complexity index is 1020. The van der Waals surface area contributed by atoms with Crippen LogP contribution in [-0.4, -0.2) is 50.9 Å². The second-order valence-corrected chi connectivity index (χ2v) is 8.56. The number of hydrogen-bond acceptors (Lipinski definition) is 4. The van der Waals surface area contributed by atoms with Crippen LogP contribution in [0.25, 0.3) is 5.76 Å². The molecule has 1 heterocycles. The molecule has 0 bridgehead atoms. The predicted molar refractivity (Wildman–Crippen MR) is 122 cm³/mol. The number of rotatable bonds is 8. The largest absolute Gasteiger partial charge is 0.872 e. The van der Waals surface area contributed by atoms with E-state index >= 15 is 0 Å². The number of benzene rings is 2. The zero-order valence-electron chi connectivity index (χ0n) is 19.5. The molecule has 0 radical (unpaired) electrons. The van der Waals surface area contributed by atoms with E-state index in [-0.39, 0.29) is 5.57 Å². The van der Waals surface area contributed by atoms with E-state index in [0.717, 1.165) is 36.1 Å². The van der Waals surface area contributed by atoms with E-state index in [1.54, 1.807) is 30.2 Å². The Labute approximate surface area is 190 Å². The van der Waals surface area contributed by atoms with Gasteiger partial charge in [0.25, 0.3) is 5.91 Å². The van der Waals surface area contributed by atoms with Crippen molar-refractivity contribution < 1.29 is 24.3 Å². The third-order valence-corrected chi connectivity index (χ3v) is 5.97. The number of quaternary nitrogens is 1. The van der Waals surface area contributed by atoms with Crippen LogP contribution in [0.1, 0.15) is 41.6 Å². The molecule has 1 saturated heterocycles. The Morgan fingerprint density at radius 3 is 2.38 bits per heavy atom. The second-order valence-electron chi connectivity index (χ2n) is 8.56. The van der Waals surface area contributed by atoms with Crippen molar-refractivity contribution >= 4 is 17.4 Å². The van der Waals surface area contributed by atoms with Crippen LogP contribution in [0.2, 0.25) is 0 Å². The molecule has 1 aliphatic heterocycles. The van der Waals surface area contributed by atoms with Gasteiger partial charge in [0.1, 0.15) is 5.75 Å². The van der Waals surface area contributed by atoms with Crippen LogP contribution >= 0.6 is 0 Å². The molecular weight excluding hydrogens is 404 g/mol. The molecule has 32 heavy (non-hydrogen) atoms. The minimum absolute atomic E-state index is 0.0287. The van der Waals surface area contributed by atoms with Gasteiger partial charge in [0.2, 0.25) is 5.78 Å². The lowest BCUT2D eigenvalue weighted by molar-refractivity contribution is -0.858. The van der Waals surface area contributed by atoms with E-state index in [1.165, 1.54) is 4.90 Å². The topological polar surface area (TPSA) is 74.1 Å². The van der Waals surface area contributed by atoms with Gasteiger partial charge in [0, 0.05) is 18.5 Å². The molecule has 6 nitrogen and oxygen atoms in total. The van der Waals surface area contributed by atoms with Crippen molar-refractivity contribution in [3.05, 3.63) is 70.3 Å². The SMILES string of the molecule is CCc1ccc(C2C(=C([O-])c3ccc(OC)c(C)c3)C(=O)C(=O)N2CCC[NH+](C)C)cc1. The molecule has 1 N–H and O–H groups in total. The summed E-state index contributed by atoms with van der Waals surface area (Å²) in [5.41, 5.74) is 3.15. The molecule has 0 spiro atoms. The maximum absolute atomic E-state index is 13.5. The summed E-state index contributed by atoms with van der Waals surface area (Å²) < 4.78 is 5.29. The molecule has 1 unspecified atom stereocenters. The Morgan fingerprint density at radius 1 is 1.12 bits per heavy atom. The first-order valence-corrected chi connectivity index (χ1v) is 11.1. The first-order chi connectivity index (χ1) is 15.3. The van der Waals surface area contributed by atoms with Gasteiger partial charge < -0.3 is 19.6 Å². The molecule has 170 valence electrons. The highest BCUT2D eigenvalue weighted by atomic mass is 16.5. The number of amides is 1. The van der Waals surface area contributed by atoms with Crippen molar-refractivity contribution in [1.82, 2.24) is 4.90 Å². The van der Waals surface area contributed by atoms with Crippen LogP contribution in [0.5, 0.6) is 5.75 Å². The molecule has 1 aliphatic rings. The number of aryl methyl sites for hydroxylation is 2. The number of carbonyl (C=O) groups excluding carboxylic acids is 2. The summed E-state index contributed by atoms with van der Waals surface area (Å²) in [6.45, 7) is 5.20. The fraction of sp³-hybridized carbons (Fsp3) is 0.385. The fourth-order valence-corrected chi connectivity index (χ4v) is 4.16. The van der Waals surface area contributed by atoms with Gasteiger partial charge in [-0.2, -0.15) is 0 Å². The number of Topliss-reactive ketones (excluding diaryl/α,β-unsaturated/α-hetero) is 1. The minimum atomic E-state index is -0.703. The molecule has 0 aliphatic carbocycles. The quantitative estimate of drug-likeness (QED) is 0.385. The van der Waals surface area contributed by atoms with Gasteiger partial charge in [-0.3, -0.25) is 9.59 Å². The fourth-order valence-electron chi connectivity index (χ4n) is 4.16. The molecule has 1 atom stereocenters. The molecule has 1 fully saturated rings. The van der Waals surface area contributed by atoms with Crippen LogP contribution in [0.4, 0.5) is 0 Å². The summed E-state index contributed by atoms with van der Waals surface area (Å²) in [6, 6.07) is 12.2. The van der Waals surface area contributed by atoms with Crippen molar-refractivity contribution in [2.45, 2.75) is 32.7 Å². The molecule has 0 saturated carbocycles. The number of ether oxygens (including phenoxy) is 1. The maximum atomic E-state index is 13.5. The van der Waals surface area contributed by atoms with E-state index in [2.05, 4.69) is 6.92 Å². The molecule has 2 aromatic rings. The highest BCUT2D eigenvalue weighted by Crippen LogP contribution is 2.39. The summed E-state index contributed by atoms with van der Waals surface area (Å²) >= 11 is 0. The molecular formula is C26H32N2O4. The monoisotopic (exact) mass is 436 g/mol. The third kappa shape index (κ3) is 4.70. The molecule has 2 aromatic carbocycles. The van der Waals surface area contributed by atoms with Gasteiger partial charge >= 0.3 is 0 Å². The number of nitrogens with one attached hydrogen (secondary N) is 1. The number of carbonyl (C=O) groups is 2. The zero-order chi connectivity index (χ0) is 23.4. The highest BCUT2D eigenvalue weighted by molar-refractivity contribution is 6.46. The summed E-state index contributed by atoms with van der Waals surface area (Å²) in [5.74, 6) is -1.04. The van der Waals surface area contributed by atoms with Crippen LogP contribution in [0.3, 0.4) is 0 Å². The van der Waals surface area contributed by atoms with Gasteiger partial charge in [0.15, 0.2) is 0 Å². The van der Waals surface area contributed by atoms with Crippen LogP contribution < -0.4 is 14.7 Å². The predicted octanol–water partition coefficient (Wildman–Crippen LogP) is 1.32. The van der Waals surface area contributed by atoms with Gasteiger partial charge in [-0.1, -0.05) is 43.0 Å². The van der Waals surface area contributed by atoms with Gasteiger partial charge in [0.05, 0.1) is 33.8 Å². The van der Waals surface area contributed by atoms with Crippen LogP contribution in [0.15, 0.2) is 48.0 Å². The molecule has 0 aromatic heterocycles. The minimum Gasteiger partial charge on any atom is -0.872 e. The van der Waals surface area contributed by atoms with Gasteiger partial charge in [-0.25, -0.2) is 0 Å². The van der Waals surface area contributed by atoms with Crippen LogP contribution in [-0.2, 0) is 16.0 Å². The van der Waals surface area contributed by atoms with E-state index < -0.39 is 23.5 Å². The van der Waals surface area contributed by atoms with E-state index in [0.29, 0.717) is 17.9 Å².